The zero-order valence-electron chi connectivity index (χ0n) is 12.3. The number of aromatic nitrogens is 1. The highest BCUT2D eigenvalue weighted by molar-refractivity contribution is 6.03. The third-order valence-electron chi connectivity index (χ3n) is 3.36. The molecule has 0 spiro atoms. The van der Waals surface area contributed by atoms with Crippen LogP contribution in [-0.4, -0.2) is 22.0 Å². The normalized spacial score (nSPS) is 10.5. The molecule has 0 atom stereocenters. The molecule has 0 aliphatic rings. The molecule has 1 N–H and O–H groups in total. The van der Waals surface area contributed by atoms with Crippen molar-refractivity contribution in [3.05, 3.63) is 60.2 Å². The van der Waals surface area contributed by atoms with Gasteiger partial charge < -0.3 is 9.84 Å². The lowest BCUT2D eigenvalue weighted by Crippen LogP contribution is -2.01. The molecular formula is C18H13NO4. The van der Waals surface area contributed by atoms with E-state index in [4.69, 9.17) is 4.74 Å². The Morgan fingerprint density at radius 2 is 1.74 bits per heavy atom. The SMILES string of the molecule is CC(=O)Oc1ccc(-c2cc(C(=O)O)c3ccccc3n2)cc1. The quantitative estimate of drug-likeness (QED) is 0.591. The molecule has 2 aromatic carbocycles. The number of fused-ring (bicyclic) bond motifs is 1. The predicted molar refractivity (Wildman–Crippen MR) is 85.4 cm³/mol. The number of aromatic carboxylic acids is 1. The van der Waals surface area contributed by atoms with Crippen LogP contribution in [0.3, 0.4) is 0 Å². The standard InChI is InChI=1S/C18H13NO4/c1-11(20)23-13-8-6-12(7-9-13)17-10-15(18(21)22)14-4-2-3-5-16(14)19-17/h2-10H,1H3,(H,21,22). The summed E-state index contributed by atoms with van der Waals surface area (Å²) in [7, 11) is 0. The maximum Gasteiger partial charge on any atom is 0.336 e. The molecule has 0 saturated carbocycles. The number of esters is 1. The van der Waals surface area contributed by atoms with Crippen molar-refractivity contribution in [1.29, 1.82) is 0 Å². The summed E-state index contributed by atoms with van der Waals surface area (Å²) < 4.78 is 4.98. The molecule has 0 saturated heterocycles. The second-order valence-electron chi connectivity index (χ2n) is 5.00. The van der Waals surface area contributed by atoms with Crippen LogP contribution in [-0.2, 0) is 4.79 Å². The number of carbonyl (C=O) groups is 2. The molecule has 0 bridgehead atoms. The number of ether oxygens (including phenoxy) is 1. The van der Waals surface area contributed by atoms with Gasteiger partial charge in [-0.05, 0) is 36.4 Å². The van der Waals surface area contributed by atoms with Crippen molar-refractivity contribution < 1.29 is 19.4 Å². The Kier molecular flexibility index (Phi) is 3.76. The topological polar surface area (TPSA) is 76.5 Å². The second-order valence-corrected chi connectivity index (χ2v) is 5.00. The molecular weight excluding hydrogens is 294 g/mol. The average molecular weight is 307 g/mol. The van der Waals surface area contributed by atoms with Gasteiger partial charge in [-0.3, -0.25) is 4.79 Å². The van der Waals surface area contributed by atoms with E-state index in [0.717, 1.165) is 5.56 Å². The fraction of sp³-hybridized carbons (Fsp3) is 0.0556. The fourth-order valence-electron chi connectivity index (χ4n) is 2.36. The number of rotatable bonds is 3. The van der Waals surface area contributed by atoms with Crippen molar-refractivity contribution >= 4 is 22.8 Å². The Labute approximate surface area is 132 Å². The van der Waals surface area contributed by atoms with Crippen molar-refractivity contribution in [1.82, 2.24) is 4.98 Å². The molecule has 0 aliphatic carbocycles. The molecule has 3 rings (SSSR count). The number of nitrogens with zero attached hydrogens (tertiary/aromatic N) is 1. The highest BCUT2D eigenvalue weighted by Crippen LogP contribution is 2.26. The van der Waals surface area contributed by atoms with E-state index in [0.29, 0.717) is 22.3 Å². The molecule has 0 fully saturated rings. The van der Waals surface area contributed by atoms with Crippen LogP contribution in [0.5, 0.6) is 5.75 Å². The summed E-state index contributed by atoms with van der Waals surface area (Å²) in [5.41, 5.74) is 2.12. The molecule has 0 amide bonds. The number of hydrogen-bond donors (Lipinski definition) is 1. The Bertz CT molecular complexity index is 901. The summed E-state index contributed by atoms with van der Waals surface area (Å²) in [6, 6.07) is 15.4. The smallest absolute Gasteiger partial charge is 0.336 e. The minimum atomic E-state index is -0.999. The maximum absolute atomic E-state index is 11.5. The Morgan fingerprint density at radius 1 is 1.04 bits per heavy atom. The zero-order chi connectivity index (χ0) is 16.4. The summed E-state index contributed by atoms with van der Waals surface area (Å²) in [5, 5.41) is 10.0. The maximum atomic E-state index is 11.5. The van der Waals surface area contributed by atoms with Gasteiger partial charge in [-0.15, -0.1) is 0 Å². The second kappa shape index (κ2) is 5.88. The molecule has 1 heterocycles. The van der Waals surface area contributed by atoms with E-state index in [1.54, 1.807) is 48.5 Å². The van der Waals surface area contributed by atoms with Crippen LogP contribution in [0.4, 0.5) is 0 Å². The van der Waals surface area contributed by atoms with Gasteiger partial charge in [-0.1, -0.05) is 18.2 Å². The lowest BCUT2D eigenvalue weighted by atomic mass is 10.0. The van der Waals surface area contributed by atoms with Gasteiger partial charge in [0.15, 0.2) is 0 Å². The first-order valence-corrected chi connectivity index (χ1v) is 6.96. The van der Waals surface area contributed by atoms with Crippen LogP contribution in [0, 0.1) is 0 Å². The highest BCUT2D eigenvalue weighted by Gasteiger charge is 2.12. The number of hydrogen-bond acceptors (Lipinski definition) is 4. The minimum Gasteiger partial charge on any atom is -0.478 e. The molecule has 23 heavy (non-hydrogen) atoms. The molecule has 0 unspecified atom stereocenters. The molecule has 3 aromatic rings. The van der Waals surface area contributed by atoms with E-state index in [2.05, 4.69) is 4.98 Å². The van der Waals surface area contributed by atoms with Gasteiger partial charge in [-0.2, -0.15) is 0 Å². The Morgan fingerprint density at radius 3 is 2.39 bits per heavy atom. The van der Waals surface area contributed by atoms with E-state index >= 15 is 0 Å². The summed E-state index contributed by atoms with van der Waals surface area (Å²) >= 11 is 0. The number of carboxylic acid groups (broad SMARTS) is 1. The molecule has 0 aliphatic heterocycles. The van der Waals surface area contributed by atoms with Crippen molar-refractivity contribution in [2.24, 2.45) is 0 Å². The van der Waals surface area contributed by atoms with Gasteiger partial charge in [0, 0.05) is 17.9 Å². The summed E-state index contributed by atoms with van der Waals surface area (Å²) in [6.45, 7) is 1.33. The summed E-state index contributed by atoms with van der Waals surface area (Å²) in [5.74, 6) is -0.961. The van der Waals surface area contributed by atoms with Gasteiger partial charge in [0.1, 0.15) is 5.75 Å². The lowest BCUT2D eigenvalue weighted by molar-refractivity contribution is -0.131. The number of pyridine rings is 1. The van der Waals surface area contributed by atoms with Crippen LogP contribution in [0.2, 0.25) is 0 Å². The Hall–Kier alpha value is -3.21. The molecule has 1 aromatic heterocycles. The summed E-state index contributed by atoms with van der Waals surface area (Å²) in [6.07, 6.45) is 0. The third kappa shape index (κ3) is 3.03. The van der Waals surface area contributed by atoms with Crippen LogP contribution < -0.4 is 4.74 Å². The first-order chi connectivity index (χ1) is 11.0. The number of para-hydroxylation sites is 1. The van der Waals surface area contributed by atoms with Crippen molar-refractivity contribution in [3.8, 4) is 17.0 Å². The van der Waals surface area contributed by atoms with Crippen molar-refractivity contribution in [3.63, 3.8) is 0 Å². The van der Waals surface area contributed by atoms with Gasteiger partial charge in [-0.25, -0.2) is 9.78 Å². The average Bonchev–Trinajstić information content (AvgIpc) is 2.54. The van der Waals surface area contributed by atoms with Crippen molar-refractivity contribution in [2.75, 3.05) is 0 Å². The van der Waals surface area contributed by atoms with E-state index in [9.17, 15) is 14.7 Å². The van der Waals surface area contributed by atoms with Gasteiger partial charge in [0.25, 0.3) is 0 Å². The van der Waals surface area contributed by atoms with E-state index < -0.39 is 11.9 Å². The van der Waals surface area contributed by atoms with Crippen LogP contribution >= 0.6 is 0 Å². The van der Waals surface area contributed by atoms with Crippen LogP contribution in [0.15, 0.2) is 54.6 Å². The van der Waals surface area contributed by atoms with Gasteiger partial charge in [0.2, 0.25) is 0 Å². The third-order valence-corrected chi connectivity index (χ3v) is 3.36. The monoisotopic (exact) mass is 307 g/mol. The first kappa shape index (κ1) is 14.7. The molecule has 5 heteroatoms. The molecule has 0 radical (unpaired) electrons. The highest BCUT2D eigenvalue weighted by atomic mass is 16.5. The number of carboxylic acids is 1. The van der Waals surface area contributed by atoms with Crippen LogP contribution in [0.1, 0.15) is 17.3 Å². The van der Waals surface area contributed by atoms with E-state index in [-0.39, 0.29) is 5.56 Å². The number of carbonyl (C=O) groups excluding carboxylic acids is 1. The number of benzene rings is 2. The van der Waals surface area contributed by atoms with Crippen molar-refractivity contribution in [2.45, 2.75) is 6.92 Å². The fourth-order valence-corrected chi connectivity index (χ4v) is 2.36. The minimum absolute atomic E-state index is 0.203. The zero-order valence-corrected chi connectivity index (χ0v) is 12.3. The van der Waals surface area contributed by atoms with Gasteiger partial charge >= 0.3 is 11.9 Å². The van der Waals surface area contributed by atoms with E-state index in [1.807, 2.05) is 6.07 Å². The largest absolute Gasteiger partial charge is 0.478 e. The molecule has 5 nitrogen and oxygen atoms in total. The van der Waals surface area contributed by atoms with E-state index in [1.165, 1.54) is 6.92 Å². The van der Waals surface area contributed by atoms with Crippen LogP contribution in [0.25, 0.3) is 22.2 Å². The first-order valence-electron chi connectivity index (χ1n) is 6.96. The predicted octanol–water partition coefficient (Wildman–Crippen LogP) is 3.53. The van der Waals surface area contributed by atoms with Gasteiger partial charge in [0.05, 0.1) is 16.8 Å². The Balaban J connectivity index is 2.09. The lowest BCUT2D eigenvalue weighted by Gasteiger charge is -2.08. The summed E-state index contributed by atoms with van der Waals surface area (Å²) in [4.78, 5) is 26.9. The molecule has 114 valence electrons.